The van der Waals surface area contributed by atoms with Crippen LogP contribution in [0, 0.1) is 0 Å². The molecule has 1 aliphatic rings. The summed E-state index contributed by atoms with van der Waals surface area (Å²) in [6.07, 6.45) is -3.45. The molecule has 1 unspecified atom stereocenters. The van der Waals surface area contributed by atoms with Crippen LogP contribution in [0.2, 0.25) is 0 Å². The fraction of sp³-hybridized carbons (Fsp3) is 0.429. The van der Waals surface area contributed by atoms with Crippen molar-refractivity contribution in [2.75, 3.05) is 27.2 Å². The third-order valence-electron chi connectivity index (χ3n) is 5.24. The molecular weight excluding hydrogens is 399 g/mol. The predicted molar refractivity (Wildman–Crippen MR) is 107 cm³/mol. The first kappa shape index (κ1) is 21.9. The van der Waals surface area contributed by atoms with Crippen LogP contribution in [0.25, 0.3) is 16.5 Å². The highest BCUT2D eigenvalue weighted by atomic mass is 19.4. The molecule has 6 nitrogen and oxygen atoms in total. The lowest BCUT2D eigenvalue weighted by Gasteiger charge is -2.32. The third kappa shape index (κ3) is 4.35. The van der Waals surface area contributed by atoms with Gasteiger partial charge in [-0.1, -0.05) is 18.2 Å². The monoisotopic (exact) mass is 423 g/mol. The third-order valence-corrected chi connectivity index (χ3v) is 5.24. The van der Waals surface area contributed by atoms with Gasteiger partial charge in [0.05, 0.1) is 6.42 Å². The van der Waals surface area contributed by atoms with Gasteiger partial charge in [-0.15, -0.1) is 0 Å². The highest BCUT2D eigenvalue weighted by Gasteiger charge is 2.51. The Kier molecular flexibility index (Phi) is 5.68. The normalized spacial score (nSPS) is 16.9. The number of H-pyrrole nitrogens is 1. The van der Waals surface area contributed by atoms with Crippen molar-refractivity contribution in [1.29, 1.82) is 0 Å². The second-order valence-corrected chi connectivity index (χ2v) is 7.97. The van der Waals surface area contributed by atoms with Crippen LogP contribution in [0.3, 0.4) is 0 Å². The van der Waals surface area contributed by atoms with Crippen molar-refractivity contribution in [3.05, 3.63) is 41.6 Å². The van der Waals surface area contributed by atoms with Crippen molar-refractivity contribution < 1.29 is 27.9 Å². The molecule has 0 radical (unpaired) electrons. The van der Waals surface area contributed by atoms with Gasteiger partial charge < -0.3 is 19.9 Å². The first-order valence-electron chi connectivity index (χ1n) is 9.50. The van der Waals surface area contributed by atoms with Crippen molar-refractivity contribution >= 4 is 28.3 Å². The quantitative estimate of drug-likeness (QED) is 0.793. The van der Waals surface area contributed by atoms with Crippen molar-refractivity contribution in [2.45, 2.75) is 31.5 Å². The first-order chi connectivity index (χ1) is 13.9. The molecule has 2 aromatic rings. The van der Waals surface area contributed by atoms with E-state index in [1.54, 1.807) is 20.2 Å². The Hall–Kier alpha value is -2.81. The van der Waals surface area contributed by atoms with Crippen LogP contribution in [0.15, 0.2) is 30.3 Å². The molecule has 2 amide bonds. The molecule has 1 aromatic heterocycles. The van der Waals surface area contributed by atoms with Crippen LogP contribution >= 0.6 is 0 Å². The summed E-state index contributed by atoms with van der Waals surface area (Å²) in [6, 6.07) is 7.31. The van der Waals surface area contributed by atoms with Crippen molar-refractivity contribution in [3.63, 3.8) is 0 Å². The van der Waals surface area contributed by atoms with Crippen LogP contribution in [-0.2, 0) is 4.79 Å². The molecular formula is C21H24F3N3O3. The Bertz CT molecular complexity index is 1010. The molecule has 1 aromatic carbocycles. The minimum Gasteiger partial charge on any atom is -0.380 e. The average Bonchev–Trinajstić information content (AvgIpc) is 3.09. The molecule has 9 heteroatoms. The van der Waals surface area contributed by atoms with Crippen molar-refractivity contribution in [3.8, 4) is 0 Å². The van der Waals surface area contributed by atoms with Gasteiger partial charge in [0.15, 0.2) is 5.60 Å². The van der Waals surface area contributed by atoms with Gasteiger partial charge in [0.2, 0.25) is 5.91 Å². The standard InChI is InChI=1S/C21H24F3N3O3/c1-20(30,21(22,23)24)11-18(28)27-8-4-5-15(12-27)13-6-7-14-10-17(19(29)26(2)3)25-16(14)9-13/h5-7,9-10,25,30H,4,8,11-12H2,1-3H3. The molecule has 3 rings (SSSR count). The van der Waals surface area contributed by atoms with Gasteiger partial charge >= 0.3 is 6.18 Å². The number of nitrogens with one attached hydrogen (secondary N) is 1. The van der Waals surface area contributed by atoms with Crippen LogP contribution in [0.4, 0.5) is 13.2 Å². The molecule has 0 saturated carbocycles. The number of amides is 2. The summed E-state index contributed by atoms with van der Waals surface area (Å²) in [5.41, 5.74) is -0.242. The lowest BCUT2D eigenvalue weighted by atomic mass is 9.97. The van der Waals surface area contributed by atoms with E-state index in [4.69, 9.17) is 0 Å². The Balaban J connectivity index is 1.78. The number of carbonyl (C=O) groups excluding carboxylic acids is 2. The van der Waals surface area contributed by atoms with E-state index in [-0.39, 0.29) is 12.5 Å². The number of carbonyl (C=O) groups is 2. The molecule has 0 spiro atoms. The van der Waals surface area contributed by atoms with Gasteiger partial charge in [0.25, 0.3) is 5.91 Å². The summed E-state index contributed by atoms with van der Waals surface area (Å²) in [4.78, 5) is 30.4. The number of hydrogen-bond donors (Lipinski definition) is 2. The fourth-order valence-electron chi connectivity index (χ4n) is 3.36. The lowest BCUT2D eigenvalue weighted by molar-refractivity contribution is -0.254. The van der Waals surface area contributed by atoms with Gasteiger partial charge in [0, 0.05) is 38.1 Å². The highest BCUT2D eigenvalue weighted by molar-refractivity contribution is 5.98. The molecule has 1 aliphatic heterocycles. The Morgan fingerprint density at radius 2 is 1.93 bits per heavy atom. The highest BCUT2D eigenvalue weighted by Crippen LogP contribution is 2.34. The topological polar surface area (TPSA) is 76.6 Å². The van der Waals surface area contributed by atoms with E-state index >= 15 is 0 Å². The van der Waals surface area contributed by atoms with Crippen LogP contribution in [-0.4, -0.2) is 70.7 Å². The zero-order valence-electron chi connectivity index (χ0n) is 17.0. The minimum atomic E-state index is -4.88. The zero-order valence-corrected chi connectivity index (χ0v) is 17.0. The Labute approximate surface area is 172 Å². The second-order valence-electron chi connectivity index (χ2n) is 7.97. The predicted octanol–water partition coefficient (Wildman–Crippen LogP) is 3.19. The summed E-state index contributed by atoms with van der Waals surface area (Å²) in [7, 11) is 3.32. The van der Waals surface area contributed by atoms with E-state index in [2.05, 4.69) is 4.98 Å². The van der Waals surface area contributed by atoms with Crippen molar-refractivity contribution in [1.82, 2.24) is 14.8 Å². The largest absolute Gasteiger partial charge is 0.417 e. The van der Waals surface area contributed by atoms with E-state index < -0.39 is 24.1 Å². The average molecular weight is 423 g/mol. The van der Waals surface area contributed by atoms with E-state index in [0.29, 0.717) is 25.6 Å². The number of fused-ring (bicyclic) bond motifs is 1. The number of aromatic amines is 1. The summed E-state index contributed by atoms with van der Waals surface area (Å²) in [5, 5.41) is 10.5. The Morgan fingerprint density at radius 3 is 2.57 bits per heavy atom. The van der Waals surface area contributed by atoms with Crippen LogP contribution in [0.1, 0.15) is 35.8 Å². The van der Waals surface area contributed by atoms with E-state index in [0.717, 1.165) is 22.0 Å². The first-order valence-corrected chi connectivity index (χ1v) is 9.50. The van der Waals surface area contributed by atoms with Gasteiger partial charge in [-0.05, 0) is 36.6 Å². The van der Waals surface area contributed by atoms with E-state index in [1.165, 1.54) is 9.80 Å². The number of aliphatic hydroxyl groups is 1. The van der Waals surface area contributed by atoms with Gasteiger partial charge in [-0.25, -0.2) is 0 Å². The zero-order chi connectivity index (χ0) is 22.3. The number of halogens is 3. The molecule has 0 saturated heterocycles. The number of aromatic nitrogens is 1. The fourth-order valence-corrected chi connectivity index (χ4v) is 3.36. The molecule has 0 bridgehead atoms. The molecule has 0 fully saturated rings. The maximum atomic E-state index is 12.9. The SMILES string of the molecule is CN(C)C(=O)c1cc2ccc(C3=CCCN(C(=O)CC(C)(O)C(F)(F)F)C3)cc2[nH]1. The molecule has 2 heterocycles. The van der Waals surface area contributed by atoms with Crippen molar-refractivity contribution in [2.24, 2.45) is 0 Å². The molecule has 30 heavy (non-hydrogen) atoms. The number of rotatable bonds is 4. The summed E-state index contributed by atoms with van der Waals surface area (Å²) >= 11 is 0. The summed E-state index contributed by atoms with van der Waals surface area (Å²) in [5.74, 6) is -0.902. The van der Waals surface area contributed by atoms with Gasteiger partial charge in [-0.3, -0.25) is 9.59 Å². The molecule has 1 atom stereocenters. The van der Waals surface area contributed by atoms with Gasteiger partial charge in [0.1, 0.15) is 5.69 Å². The second kappa shape index (κ2) is 7.79. The van der Waals surface area contributed by atoms with Gasteiger partial charge in [-0.2, -0.15) is 13.2 Å². The van der Waals surface area contributed by atoms with E-state index in [1.807, 2.05) is 24.3 Å². The molecule has 0 aliphatic carbocycles. The maximum absolute atomic E-state index is 12.9. The van der Waals surface area contributed by atoms with E-state index in [9.17, 15) is 27.9 Å². The molecule has 2 N–H and O–H groups in total. The number of alkyl halides is 3. The minimum absolute atomic E-state index is 0.155. The number of hydrogen-bond acceptors (Lipinski definition) is 3. The van der Waals surface area contributed by atoms with Crippen LogP contribution < -0.4 is 0 Å². The lowest BCUT2D eigenvalue weighted by Crippen LogP contribution is -2.47. The number of nitrogens with zero attached hydrogens (tertiary/aromatic N) is 2. The van der Waals surface area contributed by atoms with Crippen LogP contribution in [0.5, 0.6) is 0 Å². The Morgan fingerprint density at radius 1 is 1.23 bits per heavy atom. The summed E-state index contributed by atoms with van der Waals surface area (Å²) in [6.45, 7) is 1.06. The maximum Gasteiger partial charge on any atom is 0.417 e. The molecule has 162 valence electrons. The summed E-state index contributed by atoms with van der Waals surface area (Å²) < 4.78 is 38.7. The smallest absolute Gasteiger partial charge is 0.380 e. The number of benzene rings is 1.